The molecule has 1 saturated carbocycles. The summed E-state index contributed by atoms with van der Waals surface area (Å²) in [6.45, 7) is 1.75. The van der Waals surface area contributed by atoms with Gasteiger partial charge in [-0.3, -0.25) is 10.1 Å². The van der Waals surface area contributed by atoms with Gasteiger partial charge in [0.2, 0.25) is 5.91 Å². The molecule has 2 rings (SSSR count). The molecule has 1 aromatic carbocycles. The first-order valence-electron chi connectivity index (χ1n) is 6.81. The molecule has 2 unspecified atom stereocenters. The van der Waals surface area contributed by atoms with Crippen molar-refractivity contribution in [2.45, 2.75) is 37.9 Å². The van der Waals surface area contributed by atoms with Gasteiger partial charge < -0.3 is 10.1 Å². The van der Waals surface area contributed by atoms with Crippen molar-refractivity contribution in [3.05, 3.63) is 35.9 Å². The Labute approximate surface area is 118 Å². The Morgan fingerprint density at radius 3 is 2.45 bits per heavy atom. The fourth-order valence-corrected chi connectivity index (χ4v) is 1.94. The highest BCUT2D eigenvalue weighted by Crippen LogP contribution is 2.19. The number of esters is 1. The number of nitrogens with one attached hydrogen (secondary N) is 2. The molecule has 1 amide bonds. The summed E-state index contributed by atoms with van der Waals surface area (Å²) in [5.41, 5.74) is 0.783. The van der Waals surface area contributed by atoms with E-state index in [-0.39, 0.29) is 5.91 Å². The second kappa shape index (κ2) is 6.52. The summed E-state index contributed by atoms with van der Waals surface area (Å²) in [6.07, 6.45) is 2.08. The van der Waals surface area contributed by atoms with Gasteiger partial charge in [-0.15, -0.1) is 0 Å². The van der Waals surface area contributed by atoms with E-state index < -0.39 is 18.1 Å². The van der Waals surface area contributed by atoms with Crippen LogP contribution in [0.3, 0.4) is 0 Å². The third kappa shape index (κ3) is 3.81. The number of carbonyl (C=O) groups is 2. The molecule has 108 valence electrons. The van der Waals surface area contributed by atoms with Crippen molar-refractivity contribution in [1.29, 1.82) is 0 Å². The lowest BCUT2D eigenvalue weighted by Gasteiger charge is -2.21. The molecule has 20 heavy (non-hydrogen) atoms. The lowest BCUT2D eigenvalue weighted by atomic mass is 10.1. The third-order valence-electron chi connectivity index (χ3n) is 3.30. The van der Waals surface area contributed by atoms with E-state index in [1.807, 2.05) is 30.3 Å². The molecule has 0 heterocycles. The van der Waals surface area contributed by atoms with Gasteiger partial charge in [0.05, 0.1) is 13.2 Å². The van der Waals surface area contributed by atoms with Gasteiger partial charge in [-0.1, -0.05) is 30.3 Å². The molecule has 5 nitrogen and oxygen atoms in total. The standard InChI is InChI=1S/C15H20N2O3/c1-10(14(18)17-12-8-9-12)16-13(15(19)20-2)11-6-4-3-5-7-11/h3-7,10,12-13,16H,8-9H2,1-2H3,(H,17,18). The summed E-state index contributed by atoms with van der Waals surface area (Å²) in [7, 11) is 1.34. The van der Waals surface area contributed by atoms with Gasteiger partial charge in [0.1, 0.15) is 6.04 Å². The molecule has 0 saturated heterocycles. The van der Waals surface area contributed by atoms with Crippen molar-refractivity contribution in [2.75, 3.05) is 7.11 Å². The number of hydrogen-bond donors (Lipinski definition) is 2. The number of hydrogen-bond acceptors (Lipinski definition) is 4. The largest absolute Gasteiger partial charge is 0.468 e. The second-order valence-corrected chi connectivity index (χ2v) is 5.04. The van der Waals surface area contributed by atoms with E-state index in [0.29, 0.717) is 6.04 Å². The number of amides is 1. The average Bonchev–Trinajstić information content (AvgIpc) is 3.28. The van der Waals surface area contributed by atoms with Crippen molar-refractivity contribution in [1.82, 2.24) is 10.6 Å². The van der Waals surface area contributed by atoms with Crippen molar-refractivity contribution >= 4 is 11.9 Å². The first-order valence-corrected chi connectivity index (χ1v) is 6.81. The highest BCUT2D eigenvalue weighted by molar-refractivity contribution is 5.84. The summed E-state index contributed by atoms with van der Waals surface area (Å²) in [5, 5.41) is 5.94. The van der Waals surface area contributed by atoms with Crippen LogP contribution < -0.4 is 10.6 Å². The Bertz CT molecular complexity index is 471. The summed E-state index contributed by atoms with van der Waals surface area (Å²) in [5.74, 6) is -0.486. The lowest BCUT2D eigenvalue weighted by Crippen LogP contribution is -2.46. The normalized spacial score (nSPS) is 17.1. The van der Waals surface area contributed by atoms with Gasteiger partial charge in [0.15, 0.2) is 0 Å². The highest BCUT2D eigenvalue weighted by Gasteiger charge is 2.29. The van der Waals surface area contributed by atoms with Crippen molar-refractivity contribution in [2.24, 2.45) is 0 Å². The Hall–Kier alpha value is -1.88. The van der Waals surface area contributed by atoms with Crippen LogP contribution in [0, 0.1) is 0 Å². The van der Waals surface area contributed by atoms with Crippen LogP contribution in [0.2, 0.25) is 0 Å². The zero-order valence-electron chi connectivity index (χ0n) is 11.8. The Morgan fingerprint density at radius 2 is 1.90 bits per heavy atom. The number of benzene rings is 1. The van der Waals surface area contributed by atoms with Crippen LogP contribution in [0.4, 0.5) is 0 Å². The topological polar surface area (TPSA) is 67.4 Å². The Morgan fingerprint density at radius 1 is 1.25 bits per heavy atom. The van der Waals surface area contributed by atoms with E-state index >= 15 is 0 Å². The quantitative estimate of drug-likeness (QED) is 0.765. The molecule has 0 aliphatic heterocycles. The van der Waals surface area contributed by atoms with Crippen LogP contribution in [0.15, 0.2) is 30.3 Å². The summed E-state index contributed by atoms with van der Waals surface area (Å²) in [6, 6.07) is 8.45. The molecule has 1 aliphatic rings. The SMILES string of the molecule is COC(=O)C(NC(C)C(=O)NC1CC1)c1ccccc1. The fraction of sp³-hybridized carbons (Fsp3) is 0.467. The van der Waals surface area contributed by atoms with E-state index in [1.54, 1.807) is 6.92 Å². The van der Waals surface area contributed by atoms with Gasteiger partial charge in [-0.05, 0) is 25.3 Å². The molecule has 2 atom stereocenters. The predicted octanol–water partition coefficient (Wildman–Crippen LogP) is 1.16. The molecule has 1 aliphatic carbocycles. The van der Waals surface area contributed by atoms with Crippen LogP contribution in [-0.4, -0.2) is 31.1 Å². The number of methoxy groups -OCH3 is 1. The molecule has 0 radical (unpaired) electrons. The molecule has 0 spiro atoms. The lowest BCUT2D eigenvalue weighted by molar-refractivity contribution is -0.143. The van der Waals surface area contributed by atoms with Crippen LogP contribution in [0.25, 0.3) is 0 Å². The van der Waals surface area contributed by atoms with Crippen LogP contribution in [0.1, 0.15) is 31.4 Å². The monoisotopic (exact) mass is 276 g/mol. The zero-order valence-corrected chi connectivity index (χ0v) is 11.8. The minimum atomic E-state index is -0.638. The molecule has 1 aromatic rings. The highest BCUT2D eigenvalue weighted by atomic mass is 16.5. The van der Waals surface area contributed by atoms with E-state index in [1.165, 1.54) is 7.11 Å². The summed E-state index contributed by atoms with van der Waals surface area (Å²) < 4.78 is 4.81. The average molecular weight is 276 g/mol. The van der Waals surface area contributed by atoms with Crippen molar-refractivity contribution < 1.29 is 14.3 Å². The van der Waals surface area contributed by atoms with Crippen LogP contribution >= 0.6 is 0 Å². The fourth-order valence-electron chi connectivity index (χ4n) is 1.94. The van der Waals surface area contributed by atoms with Gasteiger partial charge >= 0.3 is 5.97 Å². The van der Waals surface area contributed by atoms with E-state index in [0.717, 1.165) is 18.4 Å². The summed E-state index contributed by atoms with van der Waals surface area (Å²) >= 11 is 0. The minimum Gasteiger partial charge on any atom is -0.468 e. The second-order valence-electron chi connectivity index (χ2n) is 5.04. The van der Waals surface area contributed by atoms with E-state index in [2.05, 4.69) is 10.6 Å². The van der Waals surface area contributed by atoms with Gasteiger partial charge in [-0.2, -0.15) is 0 Å². The molecule has 2 N–H and O–H groups in total. The minimum absolute atomic E-state index is 0.0858. The summed E-state index contributed by atoms with van der Waals surface area (Å²) in [4.78, 5) is 23.8. The Kier molecular flexibility index (Phi) is 4.74. The van der Waals surface area contributed by atoms with Gasteiger partial charge in [-0.25, -0.2) is 4.79 Å². The first-order chi connectivity index (χ1) is 9.61. The molecular formula is C15H20N2O3. The maximum atomic E-state index is 11.9. The maximum absolute atomic E-state index is 11.9. The smallest absolute Gasteiger partial charge is 0.327 e. The van der Waals surface area contributed by atoms with Crippen molar-refractivity contribution in [3.8, 4) is 0 Å². The van der Waals surface area contributed by atoms with E-state index in [9.17, 15) is 9.59 Å². The third-order valence-corrected chi connectivity index (χ3v) is 3.30. The number of ether oxygens (including phenoxy) is 1. The zero-order chi connectivity index (χ0) is 14.5. The molecular weight excluding hydrogens is 256 g/mol. The van der Waals surface area contributed by atoms with Gasteiger partial charge in [0.25, 0.3) is 0 Å². The molecule has 1 fully saturated rings. The first kappa shape index (κ1) is 14.5. The number of carbonyl (C=O) groups excluding carboxylic acids is 2. The van der Waals surface area contributed by atoms with Crippen LogP contribution in [0.5, 0.6) is 0 Å². The van der Waals surface area contributed by atoms with Crippen LogP contribution in [-0.2, 0) is 14.3 Å². The molecule has 0 aromatic heterocycles. The van der Waals surface area contributed by atoms with Crippen molar-refractivity contribution in [3.63, 3.8) is 0 Å². The number of rotatable bonds is 6. The Balaban J connectivity index is 2.03. The predicted molar refractivity (Wildman–Crippen MR) is 75.0 cm³/mol. The molecule has 5 heteroatoms. The van der Waals surface area contributed by atoms with E-state index in [4.69, 9.17) is 4.74 Å². The molecule has 0 bridgehead atoms. The van der Waals surface area contributed by atoms with Gasteiger partial charge in [0, 0.05) is 6.04 Å². The maximum Gasteiger partial charge on any atom is 0.327 e.